The van der Waals surface area contributed by atoms with E-state index in [4.69, 9.17) is 0 Å². The van der Waals surface area contributed by atoms with Crippen LogP contribution in [0.3, 0.4) is 0 Å². The molecule has 0 aliphatic heterocycles. The molecular weight excluding hydrogens is 488 g/mol. The molecule has 0 spiro atoms. The summed E-state index contributed by atoms with van der Waals surface area (Å²) in [6, 6.07) is 40.7. The van der Waals surface area contributed by atoms with Crippen molar-refractivity contribution in [2.45, 2.75) is 10.6 Å². The number of carbonyl (C=O) groups excluding carboxylic acids is 2. The van der Waals surface area contributed by atoms with Gasteiger partial charge in [0.25, 0.3) is 11.8 Å². The van der Waals surface area contributed by atoms with Crippen LogP contribution >= 0.6 is 11.8 Å². The summed E-state index contributed by atoms with van der Waals surface area (Å²) >= 11 is 1.74. The van der Waals surface area contributed by atoms with E-state index >= 15 is 0 Å². The van der Waals surface area contributed by atoms with Crippen molar-refractivity contribution in [3.05, 3.63) is 150 Å². The van der Waals surface area contributed by atoms with Crippen LogP contribution in [0.2, 0.25) is 0 Å². The maximum absolute atomic E-state index is 13.4. The molecule has 38 heavy (non-hydrogen) atoms. The summed E-state index contributed by atoms with van der Waals surface area (Å²) in [4.78, 5) is 27.5. The molecule has 0 radical (unpaired) electrons. The molecule has 5 rings (SSSR count). The number of fused-ring (bicyclic) bond motifs is 1. The fraction of sp³-hybridized carbons (Fsp3) is 0.0303. The number of thioether (sulfide) groups is 1. The second-order valence-electron chi connectivity index (χ2n) is 8.70. The summed E-state index contributed by atoms with van der Waals surface area (Å²) in [5, 5.41) is 7.81. The molecule has 5 heteroatoms. The number of benzene rings is 5. The predicted molar refractivity (Wildman–Crippen MR) is 157 cm³/mol. The zero-order valence-electron chi connectivity index (χ0n) is 20.6. The van der Waals surface area contributed by atoms with Gasteiger partial charge in [-0.2, -0.15) is 0 Å². The lowest BCUT2D eigenvalue weighted by atomic mass is 10.0. The van der Waals surface area contributed by atoms with Crippen LogP contribution in [0.25, 0.3) is 16.8 Å². The van der Waals surface area contributed by atoms with Crippen LogP contribution in [0.15, 0.2) is 138 Å². The minimum atomic E-state index is -0.396. The van der Waals surface area contributed by atoms with E-state index in [1.54, 1.807) is 42.1 Å². The Morgan fingerprint density at radius 1 is 0.684 bits per heavy atom. The Balaban J connectivity index is 1.36. The van der Waals surface area contributed by atoms with Gasteiger partial charge < -0.3 is 10.6 Å². The van der Waals surface area contributed by atoms with Crippen LogP contribution in [0.1, 0.15) is 21.5 Å². The topological polar surface area (TPSA) is 58.2 Å². The normalized spacial score (nSPS) is 11.2. The zero-order valence-corrected chi connectivity index (χ0v) is 21.5. The Morgan fingerprint density at radius 2 is 1.34 bits per heavy atom. The van der Waals surface area contributed by atoms with Gasteiger partial charge in [-0.05, 0) is 64.4 Å². The highest BCUT2D eigenvalue weighted by Gasteiger charge is 2.16. The highest BCUT2D eigenvalue weighted by Crippen LogP contribution is 2.25. The first-order valence-electron chi connectivity index (χ1n) is 12.3. The third-order valence-electron chi connectivity index (χ3n) is 6.01. The Bertz CT molecular complexity index is 1580. The summed E-state index contributed by atoms with van der Waals surface area (Å²) in [5.41, 5.74) is 3.39. The van der Waals surface area contributed by atoms with E-state index in [0.717, 1.165) is 27.0 Å². The van der Waals surface area contributed by atoms with Crippen molar-refractivity contribution < 1.29 is 9.59 Å². The van der Waals surface area contributed by atoms with Gasteiger partial charge in [0.15, 0.2) is 0 Å². The van der Waals surface area contributed by atoms with Crippen molar-refractivity contribution in [3.8, 4) is 0 Å². The molecule has 2 amide bonds. The summed E-state index contributed by atoms with van der Waals surface area (Å²) in [6.45, 7) is 0. The van der Waals surface area contributed by atoms with Crippen molar-refractivity contribution in [3.63, 3.8) is 0 Å². The maximum atomic E-state index is 13.4. The fourth-order valence-electron chi connectivity index (χ4n) is 4.05. The zero-order chi connectivity index (χ0) is 26.2. The van der Waals surface area contributed by atoms with E-state index in [0.29, 0.717) is 11.3 Å². The van der Waals surface area contributed by atoms with Crippen molar-refractivity contribution in [1.82, 2.24) is 5.32 Å². The SMILES string of the molecule is O=C(Nc1ccc(SCc2ccccc2)cc1)/C(=C/c1cccc2ccccc12)NC(=O)c1ccccc1. The molecule has 0 bridgehead atoms. The first-order valence-corrected chi connectivity index (χ1v) is 13.3. The molecular formula is C33H26N2O2S. The maximum Gasteiger partial charge on any atom is 0.272 e. The molecule has 4 nitrogen and oxygen atoms in total. The minimum Gasteiger partial charge on any atom is -0.321 e. The standard InChI is InChI=1S/C33H26N2O2S/c36-32(26-13-5-2-6-14-26)35-31(22-27-16-9-15-25-12-7-8-17-30(25)27)33(37)34-28-18-20-29(21-19-28)38-23-24-10-3-1-4-11-24/h1-22H,23H2,(H,34,37)(H,35,36)/b31-22-. The molecule has 0 unspecified atom stereocenters. The van der Waals surface area contributed by atoms with Crippen LogP contribution in [-0.4, -0.2) is 11.8 Å². The Kier molecular flexibility index (Phi) is 7.97. The second kappa shape index (κ2) is 12.1. The third kappa shape index (κ3) is 6.38. The Labute approximate surface area is 226 Å². The molecule has 186 valence electrons. The molecule has 2 N–H and O–H groups in total. The third-order valence-corrected chi connectivity index (χ3v) is 7.10. The quantitative estimate of drug-likeness (QED) is 0.166. The van der Waals surface area contributed by atoms with Crippen LogP contribution < -0.4 is 10.6 Å². The summed E-state index contributed by atoms with van der Waals surface area (Å²) in [7, 11) is 0. The van der Waals surface area contributed by atoms with Gasteiger partial charge in [-0.3, -0.25) is 9.59 Å². The molecule has 0 aliphatic rings. The molecule has 0 saturated carbocycles. The molecule has 0 atom stereocenters. The van der Waals surface area contributed by atoms with E-state index in [-0.39, 0.29) is 11.6 Å². The predicted octanol–water partition coefficient (Wildman–Crippen LogP) is 7.54. The van der Waals surface area contributed by atoms with E-state index in [2.05, 4.69) is 22.8 Å². The van der Waals surface area contributed by atoms with Gasteiger partial charge in [-0.25, -0.2) is 0 Å². The average Bonchev–Trinajstić information content (AvgIpc) is 2.97. The lowest BCUT2D eigenvalue weighted by Crippen LogP contribution is -2.30. The van der Waals surface area contributed by atoms with Gasteiger partial charge in [0.05, 0.1) is 0 Å². The average molecular weight is 515 g/mol. The highest BCUT2D eigenvalue weighted by molar-refractivity contribution is 7.98. The van der Waals surface area contributed by atoms with E-state index in [1.165, 1.54) is 5.56 Å². The van der Waals surface area contributed by atoms with Crippen molar-refractivity contribution in [1.29, 1.82) is 0 Å². The number of hydrogen-bond acceptors (Lipinski definition) is 3. The highest BCUT2D eigenvalue weighted by atomic mass is 32.2. The van der Waals surface area contributed by atoms with Crippen LogP contribution in [0.5, 0.6) is 0 Å². The van der Waals surface area contributed by atoms with Crippen molar-refractivity contribution in [2.24, 2.45) is 0 Å². The van der Waals surface area contributed by atoms with Crippen molar-refractivity contribution in [2.75, 3.05) is 5.32 Å². The van der Waals surface area contributed by atoms with Crippen LogP contribution in [0.4, 0.5) is 5.69 Å². The van der Waals surface area contributed by atoms with E-state index < -0.39 is 5.91 Å². The van der Waals surface area contributed by atoms with E-state index in [1.807, 2.05) is 91.0 Å². The first-order chi connectivity index (χ1) is 18.7. The molecule has 0 aliphatic carbocycles. The molecule has 0 saturated heterocycles. The number of amides is 2. The van der Waals surface area contributed by atoms with Gasteiger partial charge in [-0.1, -0.05) is 91.0 Å². The smallest absolute Gasteiger partial charge is 0.272 e. The van der Waals surface area contributed by atoms with Crippen LogP contribution in [-0.2, 0) is 10.5 Å². The lowest BCUT2D eigenvalue weighted by molar-refractivity contribution is -0.113. The monoisotopic (exact) mass is 514 g/mol. The molecule has 0 aromatic heterocycles. The van der Waals surface area contributed by atoms with E-state index in [9.17, 15) is 9.59 Å². The lowest BCUT2D eigenvalue weighted by Gasteiger charge is -2.12. The number of hydrogen-bond donors (Lipinski definition) is 2. The molecule has 0 fully saturated rings. The van der Waals surface area contributed by atoms with Crippen LogP contribution in [0, 0.1) is 0 Å². The first kappa shape index (κ1) is 25.1. The number of anilines is 1. The van der Waals surface area contributed by atoms with Gasteiger partial charge in [0, 0.05) is 21.9 Å². The molecule has 5 aromatic carbocycles. The fourth-order valence-corrected chi connectivity index (χ4v) is 4.90. The number of rotatable bonds is 8. The summed E-state index contributed by atoms with van der Waals surface area (Å²) in [6.07, 6.45) is 1.72. The Morgan fingerprint density at radius 3 is 2.11 bits per heavy atom. The van der Waals surface area contributed by atoms with Crippen molar-refractivity contribution >= 4 is 46.1 Å². The number of nitrogens with one attached hydrogen (secondary N) is 2. The van der Waals surface area contributed by atoms with Gasteiger partial charge >= 0.3 is 0 Å². The van der Waals surface area contributed by atoms with Gasteiger partial charge in [-0.15, -0.1) is 11.8 Å². The molecule has 5 aromatic rings. The summed E-state index contributed by atoms with van der Waals surface area (Å²) in [5.74, 6) is 0.127. The Hall–Kier alpha value is -4.61. The van der Waals surface area contributed by atoms with Gasteiger partial charge in [0.1, 0.15) is 5.70 Å². The number of carbonyl (C=O) groups is 2. The summed E-state index contributed by atoms with van der Waals surface area (Å²) < 4.78 is 0. The van der Waals surface area contributed by atoms with Gasteiger partial charge in [0.2, 0.25) is 0 Å². The second-order valence-corrected chi connectivity index (χ2v) is 9.75. The largest absolute Gasteiger partial charge is 0.321 e. The molecule has 0 heterocycles. The minimum absolute atomic E-state index is 0.165.